The second-order valence-electron chi connectivity index (χ2n) is 5.00. The maximum atomic E-state index is 12.2. The summed E-state index contributed by atoms with van der Waals surface area (Å²) in [6.45, 7) is 5.36. The van der Waals surface area contributed by atoms with Crippen molar-refractivity contribution >= 4 is 23.2 Å². The molecule has 2 rings (SSSR count). The van der Waals surface area contributed by atoms with E-state index in [1.807, 2.05) is 13.8 Å². The average molecular weight is 300 g/mol. The number of carbonyl (C=O) groups is 1. The first kappa shape index (κ1) is 14.8. The number of piperazine rings is 1. The van der Waals surface area contributed by atoms with Crippen LogP contribution in [0, 0.1) is 0 Å². The fourth-order valence-corrected chi connectivity index (χ4v) is 2.49. The Labute approximate surface area is 121 Å². The van der Waals surface area contributed by atoms with Crippen molar-refractivity contribution in [1.82, 2.24) is 15.1 Å². The van der Waals surface area contributed by atoms with Crippen LogP contribution in [0.4, 0.5) is 5.69 Å². The zero-order chi connectivity index (χ0) is 14.9. The highest BCUT2D eigenvalue weighted by atomic mass is 35.5. The van der Waals surface area contributed by atoms with Gasteiger partial charge in [-0.1, -0.05) is 11.6 Å². The van der Waals surface area contributed by atoms with Crippen LogP contribution in [0.2, 0.25) is 5.02 Å². The Morgan fingerprint density at radius 3 is 2.90 bits per heavy atom. The van der Waals surface area contributed by atoms with Gasteiger partial charge < -0.3 is 16.0 Å². The minimum Gasteiger partial charge on any atom is -0.368 e. The quantitative estimate of drug-likeness (QED) is 0.802. The Bertz CT molecular complexity index is 571. The molecule has 3 N–H and O–H groups in total. The van der Waals surface area contributed by atoms with E-state index < -0.39 is 11.9 Å². The van der Waals surface area contributed by atoms with Crippen molar-refractivity contribution in [2.45, 2.75) is 25.9 Å². The fraction of sp³-hybridized carbons (Fsp3) is 0.583. The minimum absolute atomic E-state index is 0.0712. The van der Waals surface area contributed by atoms with Crippen molar-refractivity contribution in [3.63, 3.8) is 0 Å². The second-order valence-corrected chi connectivity index (χ2v) is 5.38. The molecule has 0 bridgehead atoms. The number of rotatable bonds is 3. The highest BCUT2D eigenvalue weighted by Crippen LogP contribution is 2.24. The molecule has 0 aromatic carbocycles. The molecule has 1 atom stereocenters. The summed E-state index contributed by atoms with van der Waals surface area (Å²) < 4.78 is 1.31. The van der Waals surface area contributed by atoms with Crippen LogP contribution in [0.3, 0.4) is 0 Å². The Morgan fingerprint density at radius 1 is 1.60 bits per heavy atom. The molecular weight excluding hydrogens is 282 g/mol. The van der Waals surface area contributed by atoms with Crippen molar-refractivity contribution in [2.24, 2.45) is 5.73 Å². The zero-order valence-electron chi connectivity index (χ0n) is 11.5. The van der Waals surface area contributed by atoms with Gasteiger partial charge >= 0.3 is 0 Å². The summed E-state index contributed by atoms with van der Waals surface area (Å²) in [6, 6.07) is -0.610. The van der Waals surface area contributed by atoms with Gasteiger partial charge in [-0.05, 0) is 13.8 Å². The van der Waals surface area contributed by atoms with E-state index in [1.54, 1.807) is 4.90 Å². The number of aromatic nitrogens is 2. The first-order valence-corrected chi connectivity index (χ1v) is 6.85. The number of nitrogens with zero attached hydrogens (tertiary/aromatic N) is 3. The van der Waals surface area contributed by atoms with Gasteiger partial charge in [-0.15, -0.1) is 0 Å². The van der Waals surface area contributed by atoms with E-state index in [-0.39, 0.29) is 16.6 Å². The van der Waals surface area contributed by atoms with Crippen LogP contribution < -0.4 is 21.5 Å². The van der Waals surface area contributed by atoms with Crippen molar-refractivity contribution in [3.05, 3.63) is 21.6 Å². The van der Waals surface area contributed by atoms with Crippen molar-refractivity contribution in [3.8, 4) is 0 Å². The third-order valence-corrected chi connectivity index (χ3v) is 3.65. The van der Waals surface area contributed by atoms with E-state index in [2.05, 4.69) is 10.4 Å². The number of hydrogen-bond donors (Lipinski definition) is 2. The summed E-state index contributed by atoms with van der Waals surface area (Å²) >= 11 is 6.16. The molecule has 1 aliphatic rings. The van der Waals surface area contributed by atoms with Crippen LogP contribution >= 0.6 is 11.6 Å². The van der Waals surface area contributed by atoms with Crippen LogP contribution in [0.25, 0.3) is 0 Å². The Hall–Kier alpha value is -1.60. The third-order valence-electron chi connectivity index (χ3n) is 3.30. The molecule has 1 amide bonds. The molecule has 1 unspecified atom stereocenters. The van der Waals surface area contributed by atoms with Crippen LogP contribution in [0.15, 0.2) is 11.0 Å². The predicted molar refractivity (Wildman–Crippen MR) is 77.1 cm³/mol. The SMILES string of the molecule is CC(C)n1ncc(N2CCNCC2C(N)=O)c(Cl)c1=O. The Kier molecular flexibility index (Phi) is 4.29. The van der Waals surface area contributed by atoms with Crippen LogP contribution in [-0.2, 0) is 4.79 Å². The first-order valence-electron chi connectivity index (χ1n) is 6.47. The van der Waals surface area contributed by atoms with Crippen molar-refractivity contribution in [1.29, 1.82) is 0 Å². The molecule has 1 fully saturated rings. The number of nitrogens with two attached hydrogens (primary N) is 1. The molecule has 0 aliphatic carbocycles. The van der Waals surface area contributed by atoms with Gasteiger partial charge in [0.15, 0.2) is 0 Å². The summed E-state index contributed by atoms with van der Waals surface area (Å²) in [7, 11) is 0. The molecule has 1 saturated heterocycles. The molecule has 8 heteroatoms. The van der Waals surface area contributed by atoms with Gasteiger partial charge in [0.25, 0.3) is 5.56 Å². The second kappa shape index (κ2) is 5.80. The number of nitrogens with one attached hydrogen (secondary N) is 1. The Balaban J connectivity index is 2.44. The molecule has 2 heterocycles. The number of anilines is 1. The smallest absolute Gasteiger partial charge is 0.287 e. The summed E-state index contributed by atoms with van der Waals surface area (Å²) in [5.74, 6) is -0.457. The predicted octanol–water partition coefficient (Wildman–Crippen LogP) is -0.259. The van der Waals surface area contributed by atoms with E-state index in [1.165, 1.54) is 10.9 Å². The van der Waals surface area contributed by atoms with Gasteiger partial charge in [0.1, 0.15) is 11.1 Å². The average Bonchev–Trinajstić information content (AvgIpc) is 2.41. The van der Waals surface area contributed by atoms with E-state index in [0.717, 1.165) is 0 Å². The molecule has 1 aromatic rings. The number of hydrogen-bond acceptors (Lipinski definition) is 5. The summed E-state index contributed by atoms with van der Waals surface area (Å²) in [6.07, 6.45) is 1.52. The molecule has 1 aliphatic heterocycles. The number of halogens is 1. The lowest BCUT2D eigenvalue weighted by atomic mass is 10.1. The number of primary amides is 1. The van der Waals surface area contributed by atoms with Gasteiger partial charge in [-0.3, -0.25) is 9.59 Å². The lowest BCUT2D eigenvalue weighted by Gasteiger charge is -2.36. The molecule has 20 heavy (non-hydrogen) atoms. The molecule has 0 radical (unpaired) electrons. The Morgan fingerprint density at radius 2 is 2.30 bits per heavy atom. The molecule has 110 valence electrons. The third kappa shape index (κ3) is 2.64. The number of amides is 1. The normalized spacial score (nSPS) is 19.4. The lowest BCUT2D eigenvalue weighted by Crippen LogP contribution is -2.57. The van der Waals surface area contributed by atoms with E-state index >= 15 is 0 Å². The molecule has 0 spiro atoms. The monoisotopic (exact) mass is 299 g/mol. The van der Waals surface area contributed by atoms with Gasteiger partial charge in [0.2, 0.25) is 5.91 Å². The highest BCUT2D eigenvalue weighted by Gasteiger charge is 2.29. The lowest BCUT2D eigenvalue weighted by molar-refractivity contribution is -0.119. The van der Waals surface area contributed by atoms with Gasteiger partial charge in [-0.25, -0.2) is 4.68 Å². The maximum Gasteiger partial charge on any atom is 0.287 e. The first-order chi connectivity index (χ1) is 9.43. The molecule has 7 nitrogen and oxygen atoms in total. The zero-order valence-corrected chi connectivity index (χ0v) is 12.2. The molecule has 0 saturated carbocycles. The van der Waals surface area contributed by atoms with Crippen molar-refractivity contribution in [2.75, 3.05) is 24.5 Å². The largest absolute Gasteiger partial charge is 0.368 e. The summed E-state index contributed by atoms with van der Waals surface area (Å²) in [5.41, 5.74) is 5.49. The van der Waals surface area contributed by atoms with E-state index in [0.29, 0.717) is 25.3 Å². The van der Waals surface area contributed by atoms with Gasteiger partial charge in [-0.2, -0.15) is 5.10 Å². The molecule has 1 aromatic heterocycles. The van der Waals surface area contributed by atoms with E-state index in [9.17, 15) is 9.59 Å². The summed E-state index contributed by atoms with van der Waals surface area (Å²) in [4.78, 5) is 25.4. The molecular formula is C12H18ClN5O2. The minimum atomic E-state index is -0.530. The topological polar surface area (TPSA) is 93.2 Å². The van der Waals surface area contributed by atoms with Gasteiger partial charge in [0.05, 0.1) is 17.9 Å². The van der Waals surface area contributed by atoms with Crippen LogP contribution in [0.5, 0.6) is 0 Å². The van der Waals surface area contributed by atoms with Crippen LogP contribution in [0.1, 0.15) is 19.9 Å². The highest BCUT2D eigenvalue weighted by molar-refractivity contribution is 6.33. The van der Waals surface area contributed by atoms with E-state index in [4.69, 9.17) is 17.3 Å². The fourth-order valence-electron chi connectivity index (χ4n) is 2.25. The number of carbonyl (C=O) groups excluding carboxylic acids is 1. The maximum absolute atomic E-state index is 12.2. The van der Waals surface area contributed by atoms with Gasteiger partial charge in [0, 0.05) is 19.6 Å². The standard InChI is InChI=1S/C12H18ClN5O2/c1-7(2)18-12(20)10(13)8(6-16-18)17-4-3-15-5-9(17)11(14)19/h6-7,9,15H,3-5H2,1-2H3,(H2,14,19). The van der Waals surface area contributed by atoms with Crippen LogP contribution in [-0.4, -0.2) is 41.4 Å². The summed E-state index contributed by atoms with van der Waals surface area (Å²) in [5, 5.41) is 7.27. The van der Waals surface area contributed by atoms with Crippen molar-refractivity contribution < 1.29 is 4.79 Å².